The number of fused-ring (bicyclic) bond motifs is 1. The fourth-order valence-corrected chi connectivity index (χ4v) is 3.25. The van der Waals surface area contributed by atoms with Crippen LogP contribution in [0, 0.1) is 6.92 Å². The molecule has 0 heterocycles. The SMILES string of the molecule is COc1cccc(C(CO)NC2CCc3ccc(C)cc32)c1. The number of aliphatic hydroxyl groups excluding tert-OH is 1. The molecule has 0 aromatic heterocycles. The molecule has 0 bridgehead atoms. The molecule has 0 saturated heterocycles. The van der Waals surface area contributed by atoms with Crippen LogP contribution >= 0.6 is 0 Å². The second kappa shape index (κ2) is 6.51. The van der Waals surface area contributed by atoms with Gasteiger partial charge in [0.25, 0.3) is 0 Å². The summed E-state index contributed by atoms with van der Waals surface area (Å²) in [5, 5.41) is 13.4. The maximum atomic E-state index is 9.80. The average molecular weight is 297 g/mol. The Bertz CT molecular complexity index is 654. The van der Waals surface area contributed by atoms with Gasteiger partial charge in [-0.05, 0) is 48.6 Å². The zero-order chi connectivity index (χ0) is 15.5. The minimum atomic E-state index is -0.0773. The highest BCUT2D eigenvalue weighted by atomic mass is 16.5. The zero-order valence-electron chi connectivity index (χ0n) is 13.2. The molecule has 0 spiro atoms. The van der Waals surface area contributed by atoms with Crippen LogP contribution in [-0.2, 0) is 6.42 Å². The Morgan fingerprint density at radius 2 is 2.14 bits per heavy atom. The minimum Gasteiger partial charge on any atom is -0.497 e. The Kier molecular flexibility index (Phi) is 4.46. The van der Waals surface area contributed by atoms with E-state index in [1.54, 1.807) is 7.11 Å². The van der Waals surface area contributed by atoms with Crippen molar-refractivity contribution in [2.75, 3.05) is 13.7 Å². The van der Waals surface area contributed by atoms with Crippen LogP contribution in [-0.4, -0.2) is 18.8 Å². The summed E-state index contributed by atoms with van der Waals surface area (Å²) in [5.74, 6) is 0.820. The Morgan fingerprint density at radius 3 is 2.91 bits per heavy atom. The average Bonchev–Trinajstić information content (AvgIpc) is 2.94. The summed E-state index contributed by atoms with van der Waals surface area (Å²) >= 11 is 0. The van der Waals surface area contributed by atoms with Crippen molar-refractivity contribution in [3.63, 3.8) is 0 Å². The molecule has 0 amide bonds. The normalized spacial score (nSPS) is 18.0. The first kappa shape index (κ1) is 15.1. The van der Waals surface area contributed by atoms with Crippen LogP contribution in [0.5, 0.6) is 5.75 Å². The first-order valence-corrected chi connectivity index (χ1v) is 7.81. The lowest BCUT2D eigenvalue weighted by molar-refractivity contribution is 0.232. The summed E-state index contributed by atoms with van der Waals surface area (Å²) in [6.07, 6.45) is 2.18. The quantitative estimate of drug-likeness (QED) is 0.889. The van der Waals surface area contributed by atoms with Crippen LogP contribution in [0.1, 0.15) is 40.8 Å². The van der Waals surface area contributed by atoms with Crippen LogP contribution in [0.3, 0.4) is 0 Å². The molecule has 2 N–H and O–H groups in total. The predicted octanol–water partition coefficient (Wildman–Crippen LogP) is 3.31. The molecule has 2 atom stereocenters. The van der Waals surface area contributed by atoms with Crippen molar-refractivity contribution in [2.45, 2.75) is 31.8 Å². The van der Waals surface area contributed by atoms with Crippen LogP contribution in [0.25, 0.3) is 0 Å². The van der Waals surface area contributed by atoms with Crippen LogP contribution in [0.4, 0.5) is 0 Å². The molecular weight excluding hydrogens is 274 g/mol. The molecule has 22 heavy (non-hydrogen) atoms. The maximum Gasteiger partial charge on any atom is 0.119 e. The predicted molar refractivity (Wildman–Crippen MR) is 88.2 cm³/mol. The molecule has 0 saturated carbocycles. The number of benzene rings is 2. The van der Waals surface area contributed by atoms with Gasteiger partial charge >= 0.3 is 0 Å². The van der Waals surface area contributed by atoms with Gasteiger partial charge in [-0.2, -0.15) is 0 Å². The lowest BCUT2D eigenvalue weighted by atomic mass is 10.0. The molecule has 1 aliphatic rings. The largest absolute Gasteiger partial charge is 0.497 e. The zero-order valence-corrected chi connectivity index (χ0v) is 13.2. The van der Waals surface area contributed by atoms with Crippen molar-refractivity contribution in [3.8, 4) is 5.75 Å². The monoisotopic (exact) mass is 297 g/mol. The topological polar surface area (TPSA) is 41.5 Å². The molecule has 3 heteroatoms. The summed E-state index contributed by atoms with van der Waals surface area (Å²) in [7, 11) is 1.66. The van der Waals surface area contributed by atoms with E-state index in [0.29, 0.717) is 6.04 Å². The Balaban J connectivity index is 1.81. The smallest absolute Gasteiger partial charge is 0.119 e. The molecule has 0 aliphatic heterocycles. The molecule has 116 valence electrons. The van der Waals surface area contributed by atoms with Crippen LogP contribution < -0.4 is 10.1 Å². The summed E-state index contributed by atoms with van der Waals surface area (Å²) in [5.41, 5.74) is 5.14. The van der Waals surface area contributed by atoms with Gasteiger partial charge in [-0.25, -0.2) is 0 Å². The van der Waals surface area contributed by atoms with Crippen molar-refractivity contribution < 1.29 is 9.84 Å². The van der Waals surface area contributed by atoms with Gasteiger partial charge in [-0.3, -0.25) is 0 Å². The fourth-order valence-electron chi connectivity index (χ4n) is 3.25. The van der Waals surface area contributed by atoms with Gasteiger partial charge in [0.15, 0.2) is 0 Å². The highest BCUT2D eigenvalue weighted by molar-refractivity contribution is 5.38. The summed E-state index contributed by atoms with van der Waals surface area (Å²) in [6, 6.07) is 14.8. The second-order valence-electron chi connectivity index (χ2n) is 5.97. The van der Waals surface area contributed by atoms with E-state index in [0.717, 1.165) is 24.2 Å². The number of rotatable bonds is 5. The van der Waals surface area contributed by atoms with E-state index < -0.39 is 0 Å². The minimum absolute atomic E-state index is 0.0742. The van der Waals surface area contributed by atoms with Gasteiger partial charge in [0.1, 0.15) is 5.75 Å². The van der Waals surface area contributed by atoms with Gasteiger partial charge in [0.2, 0.25) is 0 Å². The fraction of sp³-hybridized carbons (Fsp3) is 0.368. The van der Waals surface area contributed by atoms with E-state index in [4.69, 9.17) is 4.74 Å². The van der Waals surface area contributed by atoms with Gasteiger partial charge in [-0.15, -0.1) is 0 Å². The summed E-state index contributed by atoms with van der Waals surface area (Å²) < 4.78 is 5.28. The van der Waals surface area contributed by atoms with Crippen molar-refractivity contribution in [3.05, 3.63) is 64.7 Å². The van der Waals surface area contributed by atoms with Crippen molar-refractivity contribution >= 4 is 0 Å². The molecular formula is C19H23NO2. The lowest BCUT2D eigenvalue weighted by Crippen LogP contribution is -2.27. The molecule has 3 rings (SSSR count). The third-order valence-corrected chi connectivity index (χ3v) is 4.46. The van der Waals surface area contributed by atoms with Crippen LogP contribution in [0.15, 0.2) is 42.5 Å². The Labute approximate surface area is 131 Å². The third kappa shape index (κ3) is 3.01. The van der Waals surface area contributed by atoms with Gasteiger partial charge in [0.05, 0.1) is 19.8 Å². The molecule has 3 nitrogen and oxygen atoms in total. The Hall–Kier alpha value is -1.84. The van der Waals surface area contributed by atoms with Gasteiger partial charge in [0, 0.05) is 6.04 Å². The maximum absolute atomic E-state index is 9.80. The number of nitrogens with one attached hydrogen (secondary N) is 1. The Morgan fingerprint density at radius 1 is 1.27 bits per heavy atom. The van der Waals surface area contributed by atoms with Gasteiger partial charge < -0.3 is 15.2 Å². The third-order valence-electron chi connectivity index (χ3n) is 4.46. The molecule has 2 unspecified atom stereocenters. The molecule has 2 aromatic carbocycles. The highest BCUT2D eigenvalue weighted by Crippen LogP contribution is 2.34. The number of ether oxygens (including phenoxy) is 1. The van der Waals surface area contributed by atoms with Gasteiger partial charge in [-0.1, -0.05) is 35.9 Å². The molecule has 1 aliphatic carbocycles. The second-order valence-corrected chi connectivity index (χ2v) is 5.97. The molecule has 2 aromatic rings. The number of aliphatic hydroxyl groups is 1. The van der Waals surface area contributed by atoms with E-state index >= 15 is 0 Å². The number of aryl methyl sites for hydroxylation is 2. The first-order valence-electron chi connectivity index (χ1n) is 7.81. The van der Waals surface area contributed by atoms with Crippen LogP contribution in [0.2, 0.25) is 0 Å². The summed E-state index contributed by atoms with van der Waals surface area (Å²) in [6.45, 7) is 2.20. The standard InChI is InChI=1S/C19H23NO2/c1-13-6-7-14-8-9-18(17(14)10-13)20-19(12-21)15-4-3-5-16(11-15)22-2/h3-7,10-11,18-21H,8-9,12H2,1-2H3. The van der Waals surface area contributed by atoms with E-state index in [1.807, 2.05) is 24.3 Å². The molecule has 0 fully saturated rings. The first-order chi connectivity index (χ1) is 10.7. The van der Waals surface area contributed by atoms with Crippen molar-refractivity contribution in [2.24, 2.45) is 0 Å². The van der Waals surface area contributed by atoms with Crippen molar-refractivity contribution in [1.82, 2.24) is 5.32 Å². The number of hydrogen-bond donors (Lipinski definition) is 2. The lowest BCUT2D eigenvalue weighted by Gasteiger charge is -2.23. The van der Waals surface area contributed by atoms with E-state index in [-0.39, 0.29) is 12.6 Å². The number of methoxy groups -OCH3 is 1. The van der Waals surface area contributed by atoms with E-state index in [1.165, 1.54) is 16.7 Å². The molecule has 0 radical (unpaired) electrons. The highest BCUT2D eigenvalue weighted by Gasteiger charge is 2.25. The van der Waals surface area contributed by atoms with E-state index in [2.05, 4.69) is 30.4 Å². The van der Waals surface area contributed by atoms with Crippen molar-refractivity contribution in [1.29, 1.82) is 0 Å². The van der Waals surface area contributed by atoms with E-state index in [9.17, 15) is 5.11 Å². The summed E-state index contributed by atoms with van der Waals surface area (Å²) in [4.78, 5) is 0. The number of hydrogen-bond acceptors (Lipinski definition) is 3.